The zero-order chi connectivity index (χ0) is 16.1. The summed E-state index contributed by atoms with van der Waals surface area (Å²) in [6, 6.07) is 12.6. The van der Waals surface area contributed by atoms with Crippen LogP contribution in [-0.4, -0.2) is 30.1 Å². The Balaban J connectivity index is 1.79. The number of benzene rings is 1. The lowest BCUT2D eigenvalue weighted by atomic mass is 10.2. The Morgan fingerprint density at radius 1 is 1.00 bits per heavy atom. The first-order valence-electron chi connectivity index (χ1n) is 8.58. The first-order valence-corrected chi connectivity index (χ1v) is 8.58. The Hall–Kier alpha value is -2.10. The maximum Gasteiger partial charge on any atom is 0.227 e. The molecule has 0 bridgehead atoms. The lowest BCUT2D eigenvalue weighted by Crippen LogP contribution is -2.27. The number of rotatable bonds is 4. The van der Waals surface area contributed by atoms with Gasteiger partial charge in [-0.2, -0.15) is 4.98 Å². The van der Waals surface area contributed by atoms with E-state index in [0.29, 0.717) is 0 Å². The highest BCUT2D eigenvalue weighted by molar-refractivity contribution is 5.46. The fourth-order valence-electron chi connectivity index (χ4n) is 3.10. The Morgan fingerprint density at radius 2 is 1.70 bits per heavy atom. The van der Waals surface area contributed by atoms with Crippen LogP contribution in [0.15, 0.2) is 36.4 Å². The molecule has 0 unspecified atom stereocenters. The second kappa shape index (κ2) is 7.44. The molecule has 0 aliphatic carbocycles. The van der Waals surface area contributed by atoms with Crippen molar-refractivity contribution in [3.05, 3.63) is 47.7 Å². The second-order valence-corrected chi connectivity index (χ2v) is 6.41. The average Bonchev–Trinajstić information content (AvgIpc) is 2.84. The maximum atomic E-state index is 4.84. The molecule has 122 valence electrons. The maximum absolute atomic E-state index is 4.84. The molecule has 1 aliphatic rings. The Morgan fingerprint density at radius 3 is 2.39 bits per heavy atom. The van der Waals surface area contributed by atoms with E-state index in [9.17, 15) is 0 Å². The molecule has 0 radical (unpaired) electrons. The van der Waals surface area contributed by atoms with E-state index >= 15 is 0 Å². The lowest BCUT2D eigenvalue weighted by molar-refractivity contribution is 0.726. The van der Waals surface area contributed by atoms with Crippen LogP contribution in [0.5, 0.6) is 0 Å². The molecule has 1 saturated heterocycles. The molecule has 0 atom stereocenters. The van der Waals surface area contributed by atoms with Crippen LogP contribution in [0.1, 0.15) is 36.9 Å². The van der Waals surface area contributed by atoms with Crippen LogP contribution < -0.4 is 9.80 Å². The zero-order valence-corrected chi connectivity index (χ0v) is 14.2. The van der Waals surface area contributed by atoms with Crippen molar-refractivity contribution in [1.29, 1.82) is 0 Å². The number of hydrogen-bond donors (Lipinski definition) is 0. The van der Waals surface area contributed by atoms with E-state index in [-0.39, 0.29) is 0 Å². The average molecular weight is 310 g/mol. The molecule has 23 heavy (non-hydrogen) atoms. The summed E-state index contributed by atoms with van der Waals surface area (Å²) in [7, 11) is 2.06. The van der Waals surface area contributed by atoms with E-state index in [0.717, 1.165) is 37.1 Å². The molecule has 0 spiro atoms. The van der Waals surface area contributed by atoms with Gasteiger partial charge in [0.25, 0.3) is 0 Å². The summed E-state index contributed by atoms with van der Waals surface area (Å²) in [5, 5.41) is 0. The molecule has 0 amide bonds. The molecule has 2 aromatic rings. The predicted octanol–water partition coefficient (Wildman–Crippen LogP) is 3.80. The summed E-state index contributed by atoms with van der Waals surface area (Å²) in [4.78, 5) is 14.0. The topological polar surface area (TPSA) is 32.3 Å². The van der Waals surface area contributed by atoms with Crippen molar-refractivity contribution >= 4 is 11.8 Å². The lowest BCUT2D eigenvalue weighted by Gasteiger charge is -2.24. The highest BCUT2D eigenvalue weighted by Gasteiger charge is 2.14. The van der Waals surface area contributed by atoms with E-state index in [4.69, 9.17) is 4.98 Å². The fraction of sp³-hybridized carbons (Fsp3) is 0.474. The van der Waals surface area contributed by atoms with Crippen molar-refractivity contribution < 1.29 is 0 Å². The Kier molecular flexibility index (Phi) is 5.11. The summed E-state index contributed by atoms with van der Waals surface area (Å²) in [6.45, 7) is 5.10. The van der Waals surface area contributed by atoms with E-state index in [1.54, 1.807) is 0 Å². The van der Waals surface area contributed by atoms with Crippen LogP contribution in [0, 0.1) is 6.92 Å². The first-order chi connectivity index (χ1) is 11.2. The Labute approximate surface area is 139 Å². The molecule has 3 rings (SSSR count). The van der Waals surface area contributed by atoms with Gasteiger partial charge >= 0.3 is 0 Å². The highest BCUT2D eigenvalue weighted by atomic mass is 15.3. The van der Waals surface area contributed by atoms with Crippen molar-refractivity contribution in [2.45, 2.75) is 39.2 Å². The summed E-state index contributed by atoms with van der Waals surface area (Å²) in [5.41, 5.74) is 2.31. The third kappa shape index (κ3) is 4.21. The number of aromatic nitrogens is 2. The summed E-state index contributed by atoms with van der Waals surface area (Å²) in [5.74, 6) is 1.89. The van der Waals surface area contributed by atoms with Gasteiger partial charge in [-0.25, -0.2) is 4.98 Å². The van der Waals surface area contributed by atoms with Gasteiger partial charge in [-0.05, 0) is 25.3 Å². The van der Waals surface area contributed by atoms with Crippen molar-refractivity contribution in [2.75, 3.05) is 29.9 Å². The highest BCUT2D eigenvalue weighted by Crippen LogP contribution is 2.21. The van der Waals surface area contributed by atoms with Gasteiger partial charge in [-0.3, -0.25) is 0 Å². The molecular weight excluding hydrogens is 284 g/mol. The molecule has 2 heterocycles. The molecule has 1 fully saturated rings. The van der Waals surface area contributed by atoms with Gasteiger partial charge in [0.15, 0.2) is 0 Å². The number of nitrogens with zero attached hydrogens (tertiary/aromatic N) is 4. The van der Waals surface area contributed by atoms with Crippen molar-refractivity contribution in [3.8, 4) is 0 Å². The van der Waals surface area contributed by atoms with Gasteiger partial charge in [-0.15, -0.1) is 0 Å². The molecule has 1 aliphatic heterocycles. The fourth-order valence-corrected chi connectivity index (χ4v) is 3.10. The van der Waals surface area contributed by atoms with E-state index in [1.165, 1.54) is 31.2 Å². The third-order valence-electron chi connectivity index (χ3n) is 4.36. The smallest absolute Gasteiger partial charge is 0.227 e. The monoisotopic (exact) mass is 310 g/mol. The molecule has 1 aromatic carbocycles. The number of hydrogen-bond acceptors (Lipinski definition) is 4. The van der Waals surface area contributed by atoms with Gasteiger partial charge in [0, 0.05) is 38.4 Å². The second-order valence-electron chi connectivity index (χ2n) is 6.41. The largest absolute Gasteiger partial charge is 0.356 e. The van der Waals surface area contributed by atoms with E-state index < -0.39 is 0 Å². The van der Waals surface area contributed by atoms with Crippen molar-refractivity contribution in [1.82, 2.24) is 9.97 Å². The Bertz CT molecular complexity index is 619. The standard InChI is InChI=1S/C19H26N4/c1-16-14-18(23-12-8-3-4-9-13-23)21-19(20-16)22(2)15-17-10-6-5-7-11-17/h5-7,10-11,14H,3-4,8-9,12-13,15H2,1-2H3. The number of aryl methyl sites for hydroxylation is 1. The van der Waals surface area contributed by atoms with E-state index in [2.05, 4.69) is 59.1 Å². The van der Waals surface area contributed by atoms with Crippen LogP contribution in [0.25, 0.3) is 0 Å². The molecule has 4 nitrogen and oxygen atoms in total. The SMILES string of the molecule is Cc1cc(N2CCCCCC2)nc(N(C)Cc2ccccc2)n1. The molecule has 4 heteroatoms. The van der Waals surface area contributed by atoms with E-state index in [1.807, 2.05) is 6.07 Å². The summed E-state index contributed by atoms with van der Waals surface area (Å²) < 4.78 is 0. The summed E-state index contributed by atoms with van der Waals surface area (Å²) >= 11 is 0. The molecule has 0 N–H and O–H groups in total. The quantitative estimate of drug-likeness (QED) is 0.860. The van der Waals surface area contributed by atoms with Gasteiger partial charge in [-0.1, -0.05) is 43.2 Å². The van der Waals surface area contributed by atoms with Crippen molar-refractivity contribution in [3.63, 3.8) is 0 Å². The number of anilines is 2. The van der Waals surface area contributed by atoms with Crippen LogP contribution in [0.2, 0.25) is 0 Å². The molecular formula is C19H26N4. The minimum Gasteiger partial charge on any atom is -0.356 e. The van der Waals surface area contributed by atoms with Gasteiger partial charge < -0.3 is 9.80 Å². The molecule has 1 aromatic heterocycles. The normalized spacial score (nSPS) is 15.3. The first kappa shape index (κ1) is 15.8. The van der Waals surface area contributed by atoms with Gasteiger partial charge in [0.05, 0.1) is 0 Å². The van der Waals surface area contributed by atoms with Gasteiger partial charge in [0.1, 0.15) is 5.82 Å². The van der Waals surface area contributed by atoms with Crippen LogP contribution in [-0.2, 0) is 6.54 Å². The minimum atomic E-state index is 0.813. The minimum absolute atomic E-state index is 0.813. The predicted molar refractivity (Wildman–Crippen MR) is 96.0 cm³/mol. The van der Waals surface area contributed by atoms with Crippen molar-refractivity contribution in [2.24, 2.45) is 0 Å². The van der Waals surface area contributed by atoms with Crippen LogP contribution >= 0.6 is 0 Å². The van der Waals surface area contributed by atoms with Gasteiger partial charge in [0.2, 0.25) is 5.95 Å². The zero-order valence-electron chi connectivity index (χ0n) is 14.2. The summed E-state index contributed by atoms with van der Waals surface area (Å²) in [6.07, 6.45) is 5.19. The third-order valence-corrected chi connectivity index (χ3v) is 4.36. The van der Waals surface area contributed by atoms with Crippen LogP contribution in [0.4, 0.5) is 11.8 Å². The molecule has 0 saturated carbocycles. The van der Waals surface area contributed by atoms with Crippen LogP contribution in [0.3, 0.4) is 0 Å².